The highest BCUT2D eigenvalue weighted by Crippen LogP contribution is 2.51. The van der Waals surface area contributed by atoms with Crippen molar-refractivity contribution in [1.29, 1.82) is 0 Å². The highest BCUT2D eigenvalue weighted by atomic mass is 16.1. The molecule has 31 heavy (non-hydrogen) atoms. The molecule has 1 aliphatic heterocycles. The Bertz CT molecular complexity index is 779. The van der Waals surface area contributed by atoms with Crippen molar-refractivity contribution in [2.75, 3.05) is 19.6 Å². The number of carbonyl (C=O) groups excluding carboxylic acids is 1. The molecule has 5 rings (SSSR count). The lowest BCUT2D eigenvalue weighted by molar-refractivity contribution is -0.124. The van der Waals surface area contributed by atoms with Crippen LogP contribution in [0.2, 0.25) is 0 Å². The Balaban J connectivity index is 1.22. The molecule has 1 N–H and O–H groups in total. The van der Waals surface area contributed by atoms with Gasteiger partial charge in [-0.05, 0) is 80.5 Å². The van der Waals surface area contributed by atoms with Crippen molar-refractivity contribution < 1.29 is 4.79 Å². The molecule has 1 saturated heterocycles. The Kier molecular flexibility index (Phi) is 6.16. The molecule has 1 unspecified atom stereocenters. The summed E-state index contributed by atoms with van der Waals surface area (Å²) in [6.45, 7) is 7.76. The number of hydrogen-bond donors (Lipinski definition) is 1. The van der Waals surface area contributed by atoms with Gasteiger partial charge in [-0.3, -0.25) is 4.79 Å². The minimum absolute atomic E-state index is 0.0459. The lowest BCUT2D eigenvalue weighted by Gasteiger charge is -2.41. The van der Waals surface area contributed by atoms with Crippen LogP contribution >= 0.6 is 0 Å². The van der Waals surface area contributed by atoms with E-state index in [1.807, 2.05) is 13.8 Å². The molecule has 3 aliphatic carbocycles. The van der Waals surface area contributed by atoms with Gasteiger partial charge in [0, 0.05) is 17.9 Å². The molecule has 2 saturated carbocycles. The summed E-state index contributed by atoms with van der Waals surface area (Å²) >= 11 is 0. The quantitative estimate of drug-likeness (QED) is 0.661. The zero-order valence-corrected chi connectivity index (χ0v) is 19.7. The van der Waals surface area contributed by atoms with Gasteiger partial charge in [0.2, 0.25) is 5.91 Å². The van der Waals surface area contributed by atoms with Crippen LogP contribution < -0.4 is 5.32 Å². The summed E-state index contributed by atoms with van der Waals surface area (Å²) in [5.74, 6) is 3.23. The summed E-state index contributed by atoms with van der Waals surface area (Å²) < 4.78 is 0. The van der Waals surface area contributed by atoms with Crippen LogP contribution in [0.5, 0.6) is 0 Å². The Labute approximate surface area is 189 Å². The zero-order valence-electron chi connectivity index (χ0n) is 19.7. The highest BCUT2D eigenvalue weighted by molar-refractivity contribution is 5.78. The fraction of sp³-hybridized carbons (Fsp3) is 0.750. The van der Waals surface area contributed by atoms with E-state index < -0.39 is 0 Å². The smallest absolute Gasteiger partial charge is 0.223 e. The number of rotatable bonds is 4. The van der Waals surface area contributed by atoms with Gasteiger partial charge in [-0.25, -0.2) is 0 Å². The summed E-state index contributed by atoms with van der Waals surface area (Å²) in [5, 5.41) is 3.36. The maximum Gasteiger partial charge on any atom is 0.223 e. The van der Waals surface area contributed by atoms with Crippen molar-refractivity contribution in [3.8, 4) is 0 Å². The summed E-state index contributed by atoms with van der Waals surface area (Å²) in [4.78, 5) is 15.2. The fourth-order valence-electron chi connectivity index (χ4n) is 7.47. The van der Waals surface area contributed by atoms with Gasteiger partial charge in [-0.2, -0.15) is 0 Å². The molecule has 1 heterocycles. The Morgan fingerprint density at radius 3 is 2.65 bits per heavy atom. The minimum Gasteiger partial charge on any atom is -0.349 e. The number of piperidine rings is 1. The standard InChI is InChI=1S/C28H42N2O/c1-20(2)27(31)29-26-18-28(25-9-4-3-8-24(25)26)12-14-30(15-13-28)19-23-11-10-21-6-5-7-22(16-21)17-23/h3-4,8-9,20-23,26H,5-7,10-19H2,1-2H3,(H,29,31)/t21-,22?,23+,26+/m1/s1. The van der Waals surface area contributed by atoms with Crippen LogP contribution in [-0.2, 0) is 10.2 Å². The molecule has 2 bridgehead atoms. The average Bonchev–Trinajstić information content (AvgIpc) is 2.99. The van der Waals surface area contributed by atoms with Gasteiger partial charge in [-0.15, -0.1) is 0 Å². The summed E-state index contributed by atoms with van der Waals surface area (Å²) in [6, 6.07) is 9.13. The van der Waals surface area contributed by atoms with Crippen molar-refractivity contribution in [3.05, 3.63) is 35.4 Å². The van der Waals surface area contributed by atoms with Gasteiger partial charge in [0.1, 0.15) is 0 Å². The second-order valence-corrected chi connectivity index (χ2v) is 11.7. The van der Waals surface area contributed by atoms with Gasteiger partial charge < -0.3 is 10.2 Å². The molecule has 0 aromatic heterocycles. The normalized spacial score (nSPS) is 32.6. The molecule has 170 valence electrons. The van der Waals surface area contributed by atoms with E-state index in [0.717, 1.165) is 24.2 Å². The molecule has 4 aliphatic rings. The van der Waals surface area contributed by atoms with Crippen LogP contribution in [-0.4, -0.2) is 30.4 Å². The van der Waals surface area contributed by atoms with Crippen LogP contribution in [0.25, 0.3) is 0 Å². The van der Waals surface area contributed by atoms with Crippen LogP contribution in [0.15, 0.2) is 24.3 Å². The van der Waals surface area contributed by atoms with Crippen LogP contribution in [0.1, 0.15) is 95.2 Å². The first-order chi connectivity index (χ1) is 15.0. The Hall–Kier alpha value is -1.35. The second kappa shape index (κ2) is 8.89. The number of carbonyl (C=O) groups is 1. The SMILES string of the molecule is CC(C)C(=O)N[C@H]1CC2(CCN(C[C@H]3CC[C@H]4CCCC(C4)C3)CC2)c2ccccc21. The first kappa shape index (κ1) is 21.5. The first-order valence-corrected chi connectivity index (χ1v) is 13.1. The molecule has 1 aromatic rings. The van der Waals surface area contributed by atoms with Crippen LogP contribution in [0.3, 0.4) is 0 Å². The van der Waals surface area contributed by atoms with Gasteiger partial charge in [0.25, 0.3) is 0 Å². The zero-order chi connectivity index (χ0) is 21.4. The van der Waals surface area contributed by atoms with E-state index in [0.29, 0.717) is 0 Å². The molecule has 1 spiro atoms. The Morgan fingerprint density at radius 2 is 1.84 bits per heavy atom. The molecular formula is C28H42N2O. The molecule has 0 radical (unpaired) electrons. The Morgan fingerprint density at radius 1 is 1.06 bits per heavy atom. The highest BCUT2D eigenvalue weighted by Gasteiger charge is 2.46. The van der Waals surface area contributed by atoms with E-state index in [2.05, 4.69) is 34.5 Å². The number of fused-ring (bicyclic) bond motifs is 4. The van der Waals surface area contributed by atoms with Crippen LogP contribution in [0, 0.1) is 23.7 Å². The first-order valence-electron chi connectivity index (χ1n) is 13.1. The molecule has 3 fully saturated rings. The second-order valence-electron chi connectivity index (χ2n) is 11.7. The van der Waals surface area contributed by atoms with Gasteiger partial charge in [-0.1, -0.05) is 63.8 Å². The summed E-state index contributed by atoms with van der Waals surface area (Å²) in [6.07, 6.45) is 14.0. The van der Waals surface area contributed by atoms with E-state index in [4.69, 9.17) is 0 Å². The average molecular weight is 423 g/mol. The van der Waals surface area contributed by atoms with Crippen molar-refractivity contribution in [2.24, 2.45) is 23.7 Å². The number of likely N-dealkylation sites (tertiary alicyclic amines) is 1. The maximum absolute atomic E-state index is 12.4. The topological polar surface area (TPSA) is 32.3 Å². The third-order valence-electron chi connectivity index (χ3n) is 9.21. The minimum atomic E-state index is 0.0459. The number of nitrogens with zero attached hydrogens (tertiary/aromatic N) is 1. The van der Waals surface area contributed by atoms with Gasteiger partial charge in [0.15, 0.2) is 0 Å². The number of benzene rings is 1. The number of nitrogens with one attached hydrogen (secondary N) is 1. The predicted octanol–water partition coefficient (Wildman–Crippen LogP) is 5.84. The molecule has 1 amide bonds. The van der Waals surface area contributed by atoms with E-state index in [1.165, 1.54) is 88.5 Å². The third kappa shape index (κ3) is 4.45. The fourth-order valence-corrected chi connectivity index (χ4v) is 7.47. The van der Waals surface area contributed by atoms with E-state index in [1.54, 1.807) is 0 Å². The largest absolute Gasteiger partial charge is 0.349 e. The summed E-state index contributed by atoms with van der Waals surface area (Å²) in [7, 11) is 0. The van der Waals surface area contributed by atoms with Crippen LogP contribution in [0.4, 0.5) is 0 Å². The molecule has 3 heteroatoms. The van der Waals surface area contributed by atoms with Gasteiger partial charge >= 0.3 is 0 Å². The third-order valence-corrected chi connectivity index (χ3v) is 9.21. The molecule has 1 aromatic carbocycles. The molecular weight excluding hydrogens is 380 g/mol. The van der Waals surface area contributed by atoms with Crippen molar-refractivity contribution >= 4 is 5.91 Å². The van der Waals surface area contributed by atoms with Gasteiger partial charge in [0.05, 0.1) is 6.04 Å². The van der Waals surface area contributed by atoms with Crippen molar-refractivity contribution in [3.63, 3.8) is 0 Å². The molecule has 4 atom stereocenters. The van der Waals surface area contributed by atoms with E-state index in [-0.39, 0.29) is 23.3 Å². The lowest BCUT2D eigenvalue weighted by Crippen LogP contribution is -2.44. The van der Waals surface area contributed by atoms with E-state index in [9.17, 15) is 4.79 Å². The number of amides is 1. The monoisotopic (exact) mass is 422 g/mol. The van der Waals surface area contributed by atoms with Crippen molar-refractivity contribution in [2.45, 2.75) is 89.5 Å². The lowest BCUT2D eigenvalue weighted by atomic mass is 9.73. The predicted molar refractivity (Wildman–Crippen MR) is 127 cm³/mol. The van der Waals surface area contributed by atoms with E-state index >= 15 is 0 Å². The summed E-state index contributed by atoms with van der Waals surface area (Å²) in [5.41, 5.74) is 3.16. The maximum atomic E-state index is 12.4. The van der Waals surface area contributed by atoms with Crippen molar-refractivity contribution in [1.82, 2.24) is 10.2 Å². The number of hydrogen-bond acceptors (Lipinski definition) is 2. The molecule has 3 nitrogen and oxygen atoms in total.